The molecule has 0 radical (unpaired) electrons. The lowest BCUT2D eigenvalue weighted by Gasteiger charge is -2.36. The monoisotopic (exact) mass is 434 g/mol. The maximum Gasteiger partial charge on any atom is 0.197 e. The summed E-state index contributed by atoms with van der Waals surface area (Å²) >= 11 is 0. The summed E-state index contributed by atoms with van der Waals surface area (Å²) in [6.07, 6.45) is 0.830. The molecule has 0 aromatic heterocycles. The van der Waals surface area contributed by atoms with E-state index in [4.69, 9.17) is 14.2 Å². The Kier molecular flexibility index (Phi) is 8.20. The van der Waals surface area contributed by atoms with Gasteiger partial charge in [-0.05, 0) is 53.3 Å². The highest BCUT2D eigenvalue weighted by molar-refractivity contribution is 5.88. The van der Waals surface area contributed by atoms with E-state index < -0.39 is 0 Å². The van der Waals surface area contributed by atoms with Crippen LogP contribution in [0, 0.1) is 11.3 Å². The van der Waals surface area contributed by atoms with E-state index in [2.05, 4.69) is 77.1 Å². The molecule has 3 rings (SSSR count). The first-order chi connectivity index (χ1) is 15.3. The second-order valence-corrected chi connectivity index (χ2v) is 9.68. The maximum absolute atomic E-state index is 5.97. The van der Waals surface area contributed by atoms with Crippen LogP contribution < -0.4 is 9.47 Å². The van der Waals surface area contributed by atoms with Crippen molar-refractivity contribution in [3.05, 3.63) is 72.3 Å². The fraction of sp³-hybridized carbons (Fsp3) is 0.448. The molecule has 0 aliphatic heterocycles. The molecule has 0 N–H and O–H groups in total. The molecular weight excluding hydrogens is 396 g/mol. The summed E-state index contributed by atoms with van der Waals surface area (Å²) in [6.45, 7) is 14.4. The van der Waals surface area contributed by atoms with Crippen molar-refractivity contribution < 1.29 is 14.2 Å². The Hall–Kier alpha value is -2.52. The van der Waals surface area contributed by atoms with Gasteiger partial charge in [0.25, 0.3) is 0 Å². The predicted molar refractivity (Wildman–Crippen MR) is 134 cm³/mol. The lowest BCUT2D eigenvalue weighted by atomic mass is 9.69. The van der Waals surface area contributed by atoms with E-state index in [0.29, 0.717) is 25.0 Å². The Morgan fingerprint density at radius 1 is 0.812 bits per heavy atom. The molecule has 3 unspecified atom stereocenters. The zero-order chi connectivity index (χ0) is 23.1. The standard InChI is InChI=1S/C29H38O3/c1-7-21(2)28(29(4,5)6)24-15-17-25(18-16-24)32-22(3)30-19-20-31-27-14-10-12-23-11-8-9-13-26(23)27/h8-18,21-22,28H,7,19-20H2,1-6H3. The Labute approximate surface area is 193 Å². The minimum atomic E-state index is -0.343. The van der Waals surface area contributed by atoms with E-state index in [0.717, 1.165) is 16.9 Å². The van der Waals surface area contributed by atoms with Gasteiger partial charge in [-0.25, -0.2) is 0 Å². The lowest BCUT2D eigenvalue weighted by Crippen LogP contribution is -2.24. The molecule has 0 aliphatic carbocycles. The van der Waals surface area contributed by atoms with Crippen LogP contribution >= 0.6 is 0 Å². The third-order valence-corrected chi connectivity index (χ3v) is 6.13. The van der Waals surface area contributed by atoms with Crippen molar-refractivity contribution in [3.8, 4) is 11.5 Å². The molecule has 3 heteroatoms. The molecule has 3 aromatic rings. The predicted octanol–water partition coefficient (Wildman–Crippen LogP) is 7.84. The molecule has 0 fully saturated rings. The molecule has 0 saturated carbocycles. The molecule has 3 aromatic carbocycles. The molecule has 3 nitrogen and oxygen atoms in total. The molecule has 3 atom stereocenters. The fourth-order valence-corrected chi connectivity index (χ4v) is 4.58. The fourth-order valence-electron chi connectivity index (χ4n) is 4.58. The molecule has 32 heavy (non-hydrogen) atoms. The van der Waals surface area contributed by atoms with Crippen LogP contribution in [-0.2, 0) is 4.74 Å². The van der Waals surface area contributed by atoms with Crippen LogP contribution in [0.3, 0.4) is 0 Å². The largest absolute Gasteiger partial charge is 0.491 e. The summed E-state index contributed by atoms with van der Waals surface area (Å²) in [5.74, 6) is 2.85. The molecule has 0 heterocycles. The number of rotatable bonds is 10. The minimum absolute atomic E-state index is 0.221. The smallest absolute Gasteiger partial charge is 0.197 e. The first-order valence-electron chi connectivity index (χ1n) is 11.8. The highest BCUT2D eigenvalue weighted by Crippen LogP contribution is 2.42. The van der Waals surface area contributed by atoms with Crippen LogP contribution in [-0.4, -0.2) is 19.5 Å². The Morgan fingerprint density at radius 3 is 2.19 bits per heavy atom. The van der Waals surface area contributed by atoms with Crippen LogP contribution in [0.15, 0.2) is 66.7 Å². The zero-order valence-electron chi connectivity index (χ0n) is 20.4. The molecule has 0 bridgehead atoms. The first kappa shape index (κ1) is 24.1. The van der Waals surface area contributed by atoms with Gasteiger partial charge in [0.2, 0.25) is 0 Å². The summed E-state index contributed by atoms with van der Waals surface area (Å²) in [5, 5.41) is 2.29. The van der Waals surface area contributed by atoms with Gasteiger partial charge in [0.1, 0.15) is 18.1 Å². The summed E-state index contributed by atoms with van der Waals surface area (Å²) < 4.78 is 17.7. The average molecular weight is 435 g/mol. The second kappa shape index (κ2) is 10.9. The van der Waals surface area contributed by atoms with Crippen molar-refractivity contribution in [1.82, 2.24) is 0 Å². The SMILES string of the molecule is CCC(C)C(c1ccc(OC(C)OCCOc2cccc3ccccc23)cc1)C(C)(C)C. The van der Waals surface area contributed by atoms with E-state index in [9.17, 15) is 0 Å². The van der Waals surface area contributed by atoms with Crippen LogP contribution in [0.4, 0.5) is 0 Å². The number of benzene rings is 3. The normalized spacial score (nSPS) is 14.7. The van der Waals surface area contributed by atoms with Crippen LogP contribution in [0.25, 0.3) is 10.8 Å². The van der Waals surface area contributed by atoms with Crippen LogP contribution in [0.5, 0.6) is 11.5 Å². The van der Waals surface area contributed by atoms with E-state index in [1.807, 2.05) is 31.2 Å². The summed E-state index contributed by atoms with van der Waals surface area (Å²) in [7, 11) is 0. The van der Waals surface area contributed by atoms with Gasteiger partial charge >= 0.3 is 0 Å². The molecular formula is C29H38O3. The van der Waals surface area contributed by atoms with Crippen molar-refractivity contribution in [2.75, 3.05) is 13.2 Å². The maximum atomic E-state index is 5.97. The molecule has 0 saturated heterocycles. The number of fused-ring (bicyclic) bond motifs is 1. The van der Waals surface area contributed by atoms with E-state index >= 15 is 0 Å². The third-order valence-electron chi connectivity index (χ3n) is 6.13. The van der Waals surface area contributed by atoms with Crippen molar-refractivity contribution >= 4 is 10.8 Å². The number of hydrogen-bond donors (Lipinski definition) is 0. The Balaban J connectivity index is 1.50. The second-order valence-electron chi connectivity index (χ2n) is 9.68. The van der Waals surface area contributed by atoms with Gasteiger partial charge in [0.05, 0.1) is 6.61 Å². The number of hydrogen-bond acceptors (Lipinski definition) is 3. The van der Waals surface area contributed by atoms with Gasteiger partial charge in [-0.3, -0.25) is 0 Å². The number of ether oxygens (including phenoxy) is 3. The highest BCUT2D eigenvalue weighted by atomic mass is 16.7. The van der Waals surface area contributed by atoms with Crippen molar-refractivity contribution in [1.29, 1.82) is 0 Å². The minimum Gasteiger partial charge on any atom is -0.491 e. The van der Waals surface area contributed by atoms with Crippen LogP contribution in [0.2, 0.25) is 0 Å². The lowest BCUT2D eigenvalue weighted by molar-refractivity contribution is -0.0738. The first-order valence-corrected chi connectivity index (χ1v) is 11.8. The van der Waals surface area contributed by atoms with Crippen molar-refractivity contribution in [2.24, 2.45) is 11.3 Å². The van der Waals surface area contributed by atoms with Crippen LogP contribution in [0.1, 0.15) is 59.4 Å². The third kappa shape index (κ3) is 6.26. The van der Waals surface area contributed by atoms with Gasteiger partial charge in [-0.1, -0.05) is 89.6 Å². The topological polar surface area (TPSA) is 27.7 Å². The zero-order valence-corrected chi connectivity index (χ0v) is 20.4. The Morgan fingerprint density at radius 2 is 1.50 bits per heavy atom. The van der Waals surface area contributed by atoms with E-state index in [-0.39, 0.29) is 11.7 Å². The molecule has 0 aliphatic rings. The quantitative estimate of drug-likeness (QED) is 0.240. The average Bonchev–Trinajstić information content (AvgIpc) is 2.77. The highest BCUT2D eigenvalue weighted by Gasteiger charge is 2.30. The van der Waals surface area contributed by atoms with Crippen molar-refractivity contribution in [2.45, 2.75) is 60.2 Å². The van der Waals surface area contributed by atoms with E-state index in [1.54, 1.807) is 0 Å². The van der Waals surface area contributed by atoms with Gasteiger partial charge in [0.15, 0.2) is 6.29 Å². The summed E-state index contributed by atoms with van der Waals surface area (Å²) in [6, 6.07) is 22.8. The van der Waals surface area contributed by atoms with Gasteiger partial charge in [0, 0.05) is 5.39 Å². The summed E-state index contributed by atoms with van der Waals surface area (Å²) in [4.78, 5) is 0. The molecule has 172 valence electrons. The van der Waals surface area contributed by atoms with E-state index in [1.165, 1.54) is 17.4 Å². The Bertz CT molecular complexity index is 966. The summed E-state index contributed by atoms with van der Waals surface area (Å²) in [5.41, 5.74) is 1.59. The van der Waals surface area contributed by atoms with Gasteiger partial charge < -0.3 is 14.2 Å². The molecule has 0 spiro atoms. The van der Waals surface area contributed by atoms with Crippen molar-refractivity contribution in [3.63, 3.8) is 0 Å². The van der Waals surface area contributed by atoms with Gasteiger partial charge in [-0.15, -0.1) is 0 Å². The molecule has 0 amide bonds. The van der Waals surface area contributed by atoms with Gasteiger partial charge in [-0.2, -0.15) is 0 Å².